The van der Waals surface area contributed by atoms with Gasteiger partial charge in [-0.2, -0.15) is 0 Å². The van der Waals surface area contributed by atoms with Crippen LogP contribution in [0.5, 0.6) is 0 Å². The number of carboxylic acid groups (broad SMARTS) is 1. The highest BCUT2D eigenvalue weighted by molar-refractivity contribution is 5.86. The summed E-state index contributed by atoms with van der Waals surface area (Å²) in [6.07, 6.45) is 2.06. The van der Waals surface area contributed by atoms with Gasteiger partial charge in [0, 0.05) is 32.7 Å². The van der Waals surface area contributed by atoms with E-state index in [0.29, 0.717) is 39.0 Å². The average molecular weight is 284 g/mol. The van der Waals surface area contributed by atoms with Crippen LogP contribution in [0.1, 0.15) is 25.7 Å². The molecular formula is C13H20N2O5. The fourth-order valence-corrected chi connectivity index (χ4v) is 2.60. The first kappa shape index (κ1) is 14.8. The van der Waals surface area contributed by atoms with E-state index in [0.717, 1.165) is 6.42 Å². The largest absolute Gasteiger partial charge is 0.481 e. The number of nitrogens with one attached hydrogen (secondary N) is 1. The number of hydrogen-bond donors (Lipinski definition) is 2. The third-order valence-corrected chi connectivity index (χ3v) is 4.03. The van der Waals surface area contributed by atoms with Crippen LogP contribution >= 0.6 is 0 Å². The molecule has 2 aliphatic heterocycles. The number of aliphatic carboxylic acids is 1. The van der Waals surface area contributed by atoms with Gasteiger partial charge in [0.1, 0.15) is 0 Å². The van der Waals surface area contributed by atoms with Gasteiger partial charge in [0.05, 0.1) is 12.0 Å². The Labute approximate surface area is 117 Å². The van der Waals surface area contributed by atoms with E-state index in [-0.39, 0.29) is 24.9 Å². The minimum absolute atomic E-state index is 0.0147. The summed E-state index contributed by atoms with van der Waals surface area (Å²) in [4.78, 5) is 36.2. The monoisotopic (exact) mass is 284 g/mol. The maximum absolute atomic E-state index is 11.8. The Kier molecular flexibility index (Phi) is 4.59. The van der Waals surface area contributed by atoms with Gasteiger partial charge >= 0.3 is 5.97 Å². The van der Waals surface area contributed by atoms with Crippen LogP contribution in [0, 0.1) is 5.41 Å². The van der Waals surface area contributed by atoms with E-state index >= 15 is 0 Å². The number of rotatable bonds is 5. The highest BCUT2D eigenvalue weighted by Gasteiger charge is 2.40. The Bertz CT molecular complexity index is 404. The van der Waals surface area contributed by atoms with Crippen LogP contribution in [-0.4, -0.2) is 60.6 Å². The molecule has 7 heteroatoms. The van der Waals surface area contributed by atoms with Crippen molar-refractivity contribution in [3.63, 3.8) is 0 Å². The molecule has 112 valence electrons. The predicted molar refractivity (Wildman–Crippen MR) is 68.9 cm³/mol. The van der Waals surface area contributed by atoms with Crippen molar-refractivity contribution >= 4 is 17.8 Å². The molecule has 0 aromatic heterocycles. The molecule has 0 saturated carbocycles. The van der Waals surface area contributed by atoms with Crippen LogP contribution in [0.4, 0.5) is 0 Å². The molecular weight excluding hydrogens is 264 g/mol. The van der Waals surface area contributed by atoms with Crippen molar-refractivity contribution in [2.24, 2.45) is 5.41 Å². The fraction of sp³-hybridized carbons (Fsp3) is 0.769. The number of carbonyl (C=O) groups excluding carboxylic acids is 2. The molecule has 2 amide bonds. The second-order valence-corrected chi connectivity index (χ2v) is 5.39. The van der Waals surface area contributed by atoms with Crippen LogP contribution in [0.2, 0.25) is 0 Å². The Morgan fingerprint density at radius 1 is 1.35 bits per heavy atom. The Hall–Kier alpha value is -1.63. The SMILES string of the molecule is O=C(CN1CCCC1=O)NCC1(C(=O)O)CCOCC1. The zero-order valence-corrected chi connectivity index (χ0v) is 11.4. The third kappa shape index (κ3) is 3.27. The highest BCUT2D eigenvalue weighted by atomic mass is 16.5. The van der Waals surface area contributed by atoms with Crippen LogP contribution in [0.3, 0.4) is 0 Å². The summed E-state index contributed by atoms with van der Waals surface area (Å²) in [7, 11) is 0. The zero-order valence-electron chi connectivity index (χ0n) is 11.4. The normalized spacial score (nSPS) is 21.8. The van der Waals surface area contributed by atoms with Gasteiger partial charge in [-0.05, 0) is 19.3 Å². The van der Waals surface area contributed by atoms with Crippen molar-refractivity contribution in [1.29, 1.82) is 0 Å². The van der Waals surface area contributed by atoms with E-state index in [4.69, 9.17) is 4.74 Å². The van der Waals surface area contributed by atoms with Crippen LogP contribution in [0.25, 0.3) is 0 Å². The van der Waals surface area contributed by atoms with Gasteiger partial charge in [-0.25, -0.2) is 0 Å². The summed E-state index contributed by atoms with van der Waals surface area (Å²) in [5.74, 6) is -1.22. The van der Waals surface area contributed by atoms with E-state index in [1.807, 2.05) is 0 Å². The number of likely N-dealkylation sites (tertiary alicyclic amines) is 1. The van der Waals surface area contributed by atoms with Gasteiger partial charge < -0.3 is 20.1 Å². The van der Waals surface area contributed by atoms with Gasteiger partial charge in [-0.1, -0.05) is 0 Å². The number of amides is 2. The number of hydrogen-bond acceptors (Lipinski definition) is 4. The van der Waals surface area contributed by atoms with E-state index in [2.05, 4.69) is 5.32 Å². The molecule has 2 N–H and O–H groups in total. The molecule has 0 aromatic carbocycles. The lowest BCUT2D eigenvalue weighted by Gasteiger charge is -2.33. The number of carbonyl (C=O) groups is 3. The molecule has 0 aliphatic carbocycles. The minimum atomic E-state index is -0.942. The van der Waals surface area contributed by atoms with Gasteiger partial charge in [-0.15, -0.1) is 0 Å². The first-order valence-corrected chi connectivity index (χ1v) is 6.89. The molecule has 0 spiro atoms. The molecule has 0 aromatic rings. The van der Waals surface area contributed by atoms with Crippen molar-refractivity contribution in [3.8, 4) is 0 Å². The summed E-state index contributed by atoms with van der Waals surface area (Å²) in [5.41, 5.74) is -0.942. The maximum atomic E-state index is 11.8. The van der Waals surface area contributed by atoms with Crippen molar-refractivity contribution in [2.45, 2.75) is 25.7 Å². The summed E-state index contributed by atoms with van der Waals surface area (Å²) >= 11 is 0. The van der Waals surface area contributed by atoms with E-state index in [1.54, 1.807) is 0 Å². The second-order valence-electron chi connectivity index (χ2n) is 5.39. The molecule has 0 atom stereocenters. The van der Waals surface area contributed by atoms with E-state index in [9.17, 15) is 19.5 Å². The number of ether oxygens (including phenoxy) is 1. The lowest BCUT2D eigenvalue weighted by atomic mass is 9.80. The van der Waals surface area contributed by atoms with Gasteiger partial charge in [0.25, 0.3) is 0 Å². The number of carboxylic acids is 1. The molecule has 0 unspecified atom stereocenters. The van der Waals surface area contributed by atoms with Gasteiger partial charge in [-0.3, -0.25) is 14.4 Å². The molecule has 2 heterocycles. The van der Waals surface area contributed by atoms with Gasteiger partial charge in [0.2, 0.25) is 11.8 Å². The van der Waals surface area contributed by atoms with Crippen LogP contribution in [-0.2, 0) is 19.1 Å². The fourth-order valence-electron chi connectivity index (χ4n) is 2.60. The van der Waals surface area contributed by atoms with Crippen LogP contribution < -0.4 is 5.32 Å². The highest BCUT2D eigenvalue weighted by Crippen LogP contribution is 2.30. The Balaban J connectivity index is 1.84. The Morgan fingerprint density at radius 2 is 2.05 bits per heavy atom. The topological polar surface area (TPSA) is 95.9 Å². The Morgan fingerprint density at radius 3 is 2.60 bits per heavy atom. The van der Waals surface area contributed by atoms with Gasteiger partial charge in [0.15, 0.2) is 0 Å². The van der Waals surface area contributed by atoms with Crippen molar-refractivity contribution in [1.82, 2.24) is 10.2 Å². The standard InChI is InChI=1S/C13H20N2O5/c16-10(8-15-5-1-2-11(15)17)14-9-13(12(18)19)3-6-20-7-4-13/h1-9H2,(H,14,16)(H,18,19). The van der Waals surface area contributed by atoms with Crippen molar-refractivity contribution in [2.75, 3.05) is 32.8 Å². The van der Waals surface area contributed by atoms with Crippen LogP contribution in [0.15, 0.2) is 0 Å². The first-order chi connectivity index (χ1) is 9.53. The molecule has 20 heavy (non-hydrogen) atoms. The molecule has 2 aliphatic rings. The summed E-state index contributed by atoms with van der Waals surface area (Å²) in [6, 6.07) is 0. The quantitative estimate of drug-likeness (QED) is 0.716. The van der Waals surface area contributed by atoms with E-state index < -0.39 is 11.4 Å². The third-order valence-electron chi connectivity index (χ3n) is 4.03. The molecule has 7 nitrogen and oxygen atoms in total. The lowest BCUT2D eigenvalue weighted by Crippen LogP contribution is -2.48. The van der Waals surface area contributed by atoms with Crippen molar-refractivity contribution in [3.05, 3.63) is 0 Å². The zero-order chi connectivity index (χ0) is 14.6. The molecule has 2 fully saturated rings. The average Bonchev–Trinajstić information content (AvgIpc) is 2.83. The van der Waals surface area contributed by atoms with Crippen molar-refractivity contribution < 1.29 is 24.2 Å². The van der Waals surface area contributed by atoms with E-state index in [1.165, 1.54) is 4.90 Å². The molecule has 2 rings (SSSR count). The lowest BCUT2D eigenvalue weighted by molar-refractivity contribution is -0.154. The molecule has 2 saturated heterocycles. The predicted octanol–water partition coefficient (Wildman–Crippen LogP) is -0.394. The molecule has 0 bridgehead atoms. The maximum Gasteiger partial charge on any atom is 0.311 e. The first-order valence-electron chi connectivity index (χ1n) is 6.89. The smallest absolute Gasteiger partial charge is 0.311 e. The second kappa shape index (κ2) is 6.21. The summed E-state index contributed by atoms with van der Waals surface area (Å²) < 4.78 is 5.17. The summed E-state index contributed by atoms with van der Waals surface area (Å²) in [6.45, 7) is 1.50. The number of nitrogens with zero attached hydrogens (tertiary/aromatic N) is 1. The molecule has 0 radical (unpaired) electrons. The minimum Gasteiger partial charge on any atom is -0.481 e. The summed E-state index contributed by atoms with van der Waals surface area (Å²) in [5, 5.41) is 12.0.